The normalized spacial score (nSPS) is 12.6. The maximum absolute atomic E-state index is 12.8. The molecule has 0 radical (unpaired) electrons. The number of carbonyl (C=O) groups excluding carboxylic acids is 3. The first kappa shape index (κ1) is 54.4. The second kappa shape index (κ2) is 41.6. The first-order valence-corrected chi connectivity index (χ1v) is 24.6. The summed E-state index contributed by atoms with van der Waals surface area (Å²) in [4.78, 5) is 37.8. The van der Waals surface area contributed by atoms with Crippen molar-refractivity contribution in [2.24, 2.45) is 17.8 Å². The highest BCUT2D eigenvalue weighted by Gasteiger charge is 2.19. The van der Waals surface area contributed by atoms with Crippen molar-refractivity contribution in [3.63, 3.8) is 0 Å². The van der Waals surface area contributed by atoms with Crippen molar-refractivity contribution >= 4 is 17.9 Å². The molecule has 0 heterocycles. The van der Waals surface area contributed by atoms with Crippen LogP contribution in [0.4, 0.5) is 0 Å². The maximum Gasteiger partial charge on any atom is 0.306 e. The van der Waals surface area contributed by atoms with Gasteiger partial charge in [0.25, 0.3) is 0 Å². The molecule has 0 amide bonds. The molecule has 0 fully saturated rings. The van der Waals surface area contributed by atoms with Gasteiger partial charge in [0.15, 0.2) is 6.10 Å². The van der Waals surface area contributed by atoms with Crippen molar-refractivity contribution in [1.29, 1.82) is 0 Å². The molecule has 0 N–H and O–H groups in total. The standard InChI is InChI=1S/C50H96O6/c1-7-46(6)38-32-26-22-23-28-34-40-49(52)55-43-47(42-54-48(51)39-33-27-20-16-13-12-15-19-25-31-37-45(4)5)56-50(53)41-35-29-21-17-11-9-8-10-14-18-24-30-36-44(2)3/h44-47H,7-43H2,1-6H3/t46?,47-/m1/s1. The van der Waals surface area contributed by atoms with Crippen molar-refractivity contribution in [3.8, 4) is 0 Å². The van der Waals surface area contributed by atoms with Gasteiger partial charge in [0, 0.05) is 19.3 Å². The lowest BCUT2D eigenvalue weighted by molar-refractivity contribution is -0.167. The quantitative estimate of drug-likeness (QED) is 0.0348. The van der Waals surface area contributed by atoms with E-state index in [1.807, 2.05) is 0 Å². The summed E-state index contributed by atoms with van der Waals surface area (Å²) >= 11 is 0. The van der Waals surface area contributed by atoms with Crippen molar-refractivity contribution in [2.45, 2.75) is 272 Å². The van der Waals surface area contributed by atoms with Gasteiger partial charge in [0.2, 0.25) is 0 Å². The van der Waals surface area contributed by atoms with Crippen LogP contribution in [-0.2, 0) is 28.6 Å². The van der Waals surface area contributed by atoms with E-state index in [4.69, 9.17) is 14.2 Å². The zero-order valence-corrected chi connectivity index (χ0v) is 38.4. The number of hydrogen-bond donors (Lipinski definition) is 0. The number of esters is 3. The molecule has 6 nitrogen and oxygen atoms in total. The van der Waals surface area contributed by atoms with Crippen LogP contribution in [0, 0.1) is 17.8 Å². The van der Waals surface area contributed by atoms with Crippen LogP contribution in [0.2, 0.25) is 0 Å². The molecule has 0 spiro atoms. The Hall–Kier alpha value is -1.59. The summed E-state index contributed by atoms with van der Waals surface area (Å²) in [7, 11) is 0. The minimum atomic E-state index is -0.763. The first-order chi connectivity index (χ1) is 27.1. The smallest absolute Gasteiger partial charge is 0.306 e. The molecule has 332 valence electrons. The van der Waals surface area contributed by atoms with Crippen LogP contribution in [-0.4, -0.2) is 37.2 Å². The molecule has 0 rings (SSSR count). The summed E-state index contributed by atoms with van der Waals surface area (Å²) in [5.74, 6) is 1.61. The number of ether oxygens (including phenoxy) is 3. The zero-order chi connectivity index (χ0) is 41.3. The minimum Gasteiger partial charge on any atom is -0.462 e. The Morgan fingerprint density at radius 3 is 0.929 bits per heavy atom. The van der Waals surface area contributed by atoms with Gasteiger partial charge in [-0.3, -0.25) is 14.4 Å². The van der Waals surface area contributed by atoms with Crippen LogP contribution in [0.3, 0.4) is 0 Å². The lowest BCUT2D eigenvalue weighted by Crippen LogP contribution is -2.30. The molecule has 56 heavy (non-hydrogen) atoms. The SMILES string of the molecule is CCC(C)CCCCCCCCC(=O)OC[C@@H](COC(=O)CCCCCCCCCCCCC(C)C)OC(=O)CCCCCCCCCCCCCCC(C)C. The fraction of sp³-hybridized carbons (Fsp3) is 0.940. The molecule has 1 unspecified atom stereocenters. The van der Waals surface area contributed by atoms with Gasteiger partial charge in [-0.15, -0.1) is 0 Å². The molecule has 0 saturated heterocycles. The molecule has 2 atom stereocenters. The summed E-state index contributed by atoms with van der Waals surface area (Å²) in [5, 5.41) is 0. The van der Waals surface area contributed by atoms with Crippen molar-refractivity contribution in [1.82, 2.24) is 0 Å². The van der Waals surface area contributed by atoms with Crippen LogP contribution < -0.4 is 0 Å². The highest BCUT2D eigenvalue weighted by molar-refractivity contribution is 5.71. The first-order valence-electron chi connectivity index (χ1n) is 24.6. The fourth-order valence-corrected chi connectivity index (χ4v) is 7.38. The van der Waals surface area contributed by atoms with Gasteiger partial charge in [-0.25, -0.2) is 0 Å². The number of carbonyl (C=O) groups is 3. The van der Waals surface area contributed by atoms with Gasteiger partial charge in [-0.2, -0.15) is 0 Å². The van der Waals surface area contributed by atoms with E-state index in [9.17, 15) is 14.4 Å². The van der Waals surface area contributed by atoms with Crippen LogP contribution in [0.25, 0.3) is 0 Å². The van der Waals surface area contributed by atoms with Gasteiger partial charge in [0.05, 0.1) is 0 Å². The van der Waals surface area contributed by atoms with E-state index in [2.05, 4.69) is 41.5 Å². The largest absolute Gasteiger partial charge is 0.462 e. The van der Waals surface area contributed by atoms with Crippen LogP contribution in [0.1, 0.15) is 266 Å². The maximum atomic E-state index is 12.8. The molecule has 6 heteroatoms. The average Bonchev–Trinajstić information content (AvgIpc) is 3.16. The lowest BCUT2D eigenvalue weighted by Gasteiger charge is -2.18. The molecular formula is C50H96O6. The van der Waals surface area contributed by atoms with E-state index in [-0.39, 0.29) is 31.1 Å². The molecule has 0 aliphatic carbocycles. The average molecular weight is 793 g/mol. The third-order valence-electron chi connectivity index (χ3n) is 11.5. The van der Waals surface area contributed by atoms with Gasteiger partial charge in [-0.1, -0.05) is 228 Å². The Labute approximate surface area is 348 Å². The third-order valence-corrected chi connectivity index (χ3v) is 11.5. The second-order valence-corrected chi connectivity index (χ2v) is 18.3. The Morgan fingerprint density at radius 2 is 0.625 bits per heavy atom. The zero-order valence-electron chi connectivity index (χ0n) is 38.4. The molecule has 0 aliphatic heterocycles. The number of hydrogen-bond acceptors (Lipinski definition) is 6. The minimum absolute atomic E-state index is 0.0659. The third kappa shape index (κ3) is 42.0. The summed E-state index contributed by atoms with van der Waals surface area (Å²) in [6.45, 7) is 13.7. The molecule has 0 aromatic rings. The van der Waals surface area contributed by atoms with E-state index in [0.29, 0.717) is 19.3 Å². The van der Waals surface area contributed by atoms with Gasteiger partial charge in [0.1, 0.15) is 13.2 Å². The summed E-state index contributed by atoms with van der Waals surface area (Å²) in [6.07, 6.45) is 39.5. The van der Waals surface area contributed by atoms with E-state index in [1.165, 1.54) is 148 Å². The highest BCUT2D eigenvalue weighted by atomic mass is 16.6. The monoisotopic (exact) mass is 793 g/mol. The van der Waals surface area contributed by atoms with Crippen LogP contribution in [0.15, 0.2) is 0 Å². The molecule has 0 aromatic heterocycles. The highest BCUT2D eigenvalue weighted by Crippen LogP contribution is 2.18. The molecule has 0 bridgehead atoms. The van der Waals surface area contributed by atoms with Gasteiger partial charge < -0.3 is 14.2 Å². The molecular weight excluding hydrogens is 697 g/mol. The summed E-state index contributed by atoms with van der Waals surface area (Å²) < 4.78 is 16.8. The predicted molar refractivity (Wildman–Crippen MR) is 238 cm³/mol. The lowest BCUT2D eigenvalue weighted by atomic mass is 10.00. The molecule has 0 aliphatic rings. The van der Waals surface area contributed by atoms with Crippen LogP contribution in [0.5, 0.6) is 0 Å². The van der Waals surface area contributed by atoms with Crippen molar-refractivity contribution in [2.75, 3.05) is 13.2 Å². The Kier molecular flexibility index (Phi) is 40.4. The van der Waals surface area contributed by atoms with Crippen LogP contribution >= 0.6 is 0 Å². The predicted octanol–water partition coefficient (Wildman–Crippen LogP) is 15.6. The molecule has 0 saturated carbocycles. The van der Waals surface area contributed by atoms with E-state index >= 15 is 0 Å². The topological polar surface area (TPSA) is 78.9 Å². The van der Waals surface area contributed by atoms with E-state index in [0.717, 1.165) is 75.5 Å². The fourth-order valence-electron chi connectivity index (χ4n) is 7.38. The van der Waals surface area contributed by atoms with Crippen molar-refractivity contribution < 1.29 is 28.6 Å². The van der Waals surface area contributed by atoms with E-state index < -0.39 is 6.10 Å². The number of unbranched alkanes of at least 4 members (excludes halogenated alkanes) is 25. The Bertz CT molecular complexity index is 870. The Balaban J connectivity index is 4.33. The number of rotatable bonds is 43. The second-order valence-electron chi connectivity index (χ2n) is 18.3. The van der Waals surface area contributed by atoms with E-state index in [1.54, 1.807) is 0 Å². The Morgan fingerprint density at radius 1 is 0.357 bits per heavy atom. The van der Waals surface area contributed by atoms with Gasteiger partial charge in [-0.05, 0) is 37.0 Å². The van der Waals surface area contributed by atoms with Crippen molar-refractivity contribution in [3.05, 3.63) is 0 Å². The molecule has 0 aromatic carbocycles. The van der Waals surface area contributed by atoms with Gasteiger partial charge >= 0.3 is 17.9 Å². The summed E-state index contributed by atoms with van der Waals surface area (Å²) in [6, 6.07) is 0. The summed E-state index contributed by atoms with van der Waals surface area (Å²) in [5.41, 5.74) is 0.